The van der Waals surface area contributed by atoms with Crippen molar-refractivity contribution in [3.8, 4) is 5.75 Å². The van der Waals surface area contributed by atoms with Crippen LogP contribution in [0.4, 0.5) is 18.9 Å². The van der Waals surface area contributed by atoms with Crippen LogP contribution in [0, 0.1) is 24.4 Å². The maximum atomic E-state index is 13.9. The molecule has 0 saturated carbocycles. The van der Waals surface area contributed by atoms with Crippen molar-refractivity contribution in [1.29, 1.82) is 0 Å². The number of amides is 1. The predicted octanol–water partition coefficient (Wildman–Crippen LogP) is 4.35. The average Bonchev–Trinajstić information content (AvgIpc) is 3.11. The molecule has 3 N–H and O–H groups in total. The number of nitrogens with two attached hydrogens (primary N) is 1. The molecule has 0 aliphatic heterocycles. The number of rotatable bonds is 6. The van der Waals surface area contributed by atoms with Crippen LogP contribution in [-0.2, 0) is 13.2 Å². The molecular formula is C23H19F3N4O2. The number of ether oxygens (including phenoxy) is 1. The summed E-state index contributed by atoms with van der Waals surface area (Å²) in [6, 6.07) is 10.7. The van der Waals surface area contributed by atoms with Gasteiger partial charge in [0.15, 0.2) is 11.4 Å². The third-order valence-electron chi connectivity index (χ3n) is 4.97. The van der Waals surface area contributed by atoms with Crippen LogP contribution in [0.2, 0.25) is 0 Å². The van der Waals surface area contributed by atoms with E-state index >= 15 is 0 Å². The molecule has 0 radical (unpaired) electrons. The van der Waals surface area contributed by atoms with Gasteiger partial charge in [-0.05, 0) is 55.0 Å². The fourth-order valence-corrected chi connectivity index (χ4v) is 3.40. The molecule has 9 heteroatoms. The van der Waals surface area contributed by atoms with Crippen molar-refractivity contribution in [3.05, 3.63) is 94.7 Å². The summed E-state index contributed by atoms with van der Waals surface area (Å²) in [4.78, 5) is 17.4. The molecular weight excluding hydrogens is 421 g/mol. The molecule has 0 spiro atoms. The van der Waals surface area contributed by atoms with Crippen LogP contribution in [0.5, 0.6) is 5.75 Å². The Hall–Kier alpha value is -3.85. The molecule has 4 aromatic rings. The lowest BCUT2D eigenvalue weighted by Gasteiger charge is -2.11. The van der Waals surface area contributed by atoms with Gasteiger partial charge in [0.25, 0.3) is 5.91 Å². The lowest BCUT2D eigenvalue weighted by Crippen LogP contribution is -2.17. The minimum absolute atomic E-state index is 0.0457. The Morgan fingerprint density at radius 2 is 1.88 bits per heavy atom. The summed E-state index contributed by atoms with van der Waals surface area (Å²) < 4.78 is 48.4. The zero-order valence-electron chi connectivity index (χ0n) is 17.0. The molecule has 0 fully saturated rings. The van der Waals surface area contributed by atoms with Crippen LogP contribution >= 0.6 is 0 Å². The lowest BCUT2D eigenvalue weighted by atomic mass is 10.1. The molecule has 32 heavy (non-hydrogen) atoms. The van der Waals surface area contributed by atoms with E-state index in [4.69, 9.17) is 10.5 Å². The van der Waals surface area contributed by atoms with Gasteiger partial charge in [-0.15, -0.1) is 0 Å². The molecule has 0 aliphatic rings. The van der Waals surface area contributed by atoms with Gasteiger partial charge in [-0.1, -0.05) is 6.07 Å². The molecule has 164 valence electrons. The zero-order chi connectivity index (χ0) is 22.8. The smallest absolute Gasteiger partial charge is 0.274 e. The molecule has 2 heterocycles. The normalized spacial score (nSPS) is 11.0. The predicted molar refractivity (Wildman–Crippen MR) is 113 cm³/mol. The Balaban J connectivity index is 1.64. The van der Waals surface area contributed by atoms with Crippen molar-refractivity contribution in [3.63, 3.8) is 0 Å². The van der Waals surface area contributed by atoms with Crippen molar-refractivity contribution in [2.45, 2.75) is 20.1 Å². The van der Waals surface area contributed by atoms with E-state index in [9.17, 15) is 18.0 Å². The number of hydrogen-bond donors (Lipinski definition) is 2. The van der Waals surface area contributed by atoms with Gasteiger partial charge in [0.2, 0.25) is 0 Å². The number of halogens is 3. The number of nitrogens with one attached hydrogen (secondary N) is 1. The van der Waals surface area contributed by atoms with Crippen molar-refractivity contribution in [2.75, 3.05) is 5.32 Å². The highest BCUT2D eigenvalue weighted by Gasteiger charge is 2.20. The second-order valence-corrected chi connectivity index (χ2v) is 7.06. The van der Waals surface area contributed by atoms with Crippen LogP contribution in [0.1, 0.15) is 27.3 Å². The number of carbonyl (C=O) groups is 1. The van der Waals surface area contributed by atoms with E-state index in [0.717, 1.165) is 12.1 Å². The summed E-state index contributed by atoms with van der Waals surface area (Å²) in [6.45, 7) is 1.35. The first-order chi connectivity index (χ1) is 15.4. The average molecular weight is 440 g/mol. The largest absolute Gasteiger partial charge is 0.485 e. The van der Waals surface area contributed by atoms with Gasteiger partial charge in [-0.2, -0.15) is 0 Å². The first-order valence-electron chi connectivity index (χ1n) is 9.72. The number of pyridine rings is 1. The number of aryl methyl sites for hydroxylation is 1. The highest BCUT2D eigenvalue weighted by atomic mass is 19.1. The quantitative estimate of drug-likeness (QED) is 0.467. The van der Waals surface area contributed by atoms with Gasteiger partial charge in [0.1, 0.15) is 29.8 Å². The molecule has 0 unspecified atom stereocenters. The SMILES string of the molecule is Cc1nc2c(OCc3c(F)cccc3F)cccn2c1C(=O)Nc1ccc(F)cc1CN. The summed E-state index contributed by atoms with van der Waals surface area (Å²) >= 11 is 0. The Kier molecular flexibility index (Phi) is 5.83. The zero-order valence-corrected chi connectivity index (χ0v) is 17.0. The summed E-state index contributed by atoms with van der Waals surface area (Å²) in [5.41, 5.74) is 7.23. The monoisotopic (exact) mass is 440 g/mol. The van der Waals surface area contributed by atoms with Gasteiger partial charge < -0.3 is 15.8 Å². The van der Waals surface area contributed by atoms with E-state index in [1.165, 1.54) is 28.7 Å². The van der Waals surface area contributed by atoms with Crippen LogP contribution < -0.4 is 15.8 Å². The molecule has 2 aromatic carbocycles. The number of anilines is 1. The maximum Gasteiger partial charge on any atom is 0.274 e. The topological polar surface area (TPSA) is 81.7 Å². The first-order valence-corrected chi connectivity index (χ1v) is 9.72. The van der Waals surface area contributed by atoms with Gasteiger partial charge in [0, 0.05) is 18.4 Å². The first kappa shape index (κ1) is 21.4. The van der Waals surface area contributed by atoms with Gasteiger partial charge >= 0.3 is 0 Å². The van der Waals surface area contributed by atoms with Crippen molar-refractivity contribution >= 4 is 17.2 Å². The number of fused-ring (bicyclic) bond motifs is 1. The Morgan fingerprint density at radius 3 is 2.59 bits per heavy atom. The van der Waals surface area contributed by atoms with Crippen LogP contribution in [0.15, 0.2) is 54.7 Å². The van der Waals surface area contributed by atoms with E-state index in [1.807, 2.05) is 0 Å². The van der Waals surface area contributed by atoms with E-state index in [-0.39, 0.29) is 30.2 Å². The number of nitrogens with zero attached hydrogens (tertiary/aromatic N) is 2. The summed E-state index contributed by atoms with van der Waals surface area (Å²) in [6.07, 6.45) is 1.62. The van der Waals surface area contributed by atoms with Crippen LogP contribution in [-0.4, -0.2) is 15.3 Å². The second kappa shape index (κ2) is 8.72. The third-order valence-corrected chi connectivity index (χ3v) is 4.97. The molecule has 0 atom stereocenters. The fraction of sp³-hybridized carbons (Fsp3) is 0.130. The molecule has 0 saturated heterocycles. The lowest BCUT2D eigenvalue weighted by molar-refractivity contribution is 0.102. The molecule has 0 aliphatic carbocycles. The number of benzene rings is 2. The molecule has 2 aromatic heterocycles. The van der Waals surface area contributed by atoms with Crippen LogP contribution in [0.25, 0.3) is 5.65 Å². The number of aromatic nitrogens is 2. The van der Waals surface area contributed by atoms with Gasteiger partial charge in [-0.3, -0.25) is 9.20 Å². The Morgan fingerprint density at radius 1 is 1.12 bits per heavy atom. The minimum atomic E-state index is -0.716. The van der Waals surface area contributed by atoms with Crippen molar-refractivity contribution in [1.82, 2.24) is 9.38 Å². The standard InChI is InChI=1S/C23H19F3N4O2/c1-13-21(23(31)29-19-8-7-15(24)10-14(19)11-27)30-9-3-6-20(22(30)28-13)32-12-16-17(25)4-2-5-18(16)26/h2-10H,11-12,27H2,1H3,(H,29,31). The molecule has 6 nitrogen and oxygen atoms in total. The van der Waals surface area contributed by atoms with E-state index in [0.29, 0.717) is 22.6 Å². The fourth-order valence-electron chi connectivity index (χ4n) is 3.40. The molecule has 0 bridgehead atoms. The van der Waals surface area contributed by atoms with Gasteiger partial charge in [0.05, 0.1) is 11.3 Å². The van der Waals surface area contributed by atoms with Crippen LogP contribution in [0.3, 0.4) is 0 Å². The summed E-state index contributed by atoms with van der Waals surface area (Å²) in [5.74, 6) is -2.11. The Bertz CT molecular complexity index is 1300. The third kappa shape index (κ3) is 4.02. The number of carbonyl (C=O) groups excluding carboxylic acids is 1. The second-order valence-electron chi connectivity index (χ2n) is 7.06. The summed E-state index contributed by atoms with van der Waals surface area (Å²) in [5, 5.41) is 2.73. The van der Waals surface area contributed by atoms with E-state index in [2.05, 4.69) is 10.3 Å². The minimum Gasteiger partial charge on any atom is -0.485 e. The number of imidazole rings is 1. The number of hydrogen-bond acceptors (Lipinski definition) is 4. The van der Waals surface area contributed by atoms with Crippen molar-refractivity contribution in [2.24, 2.45) is 5.73 Å². The summed E-state index contributed by atoms with van der Waals surface area (Å²) in [7, 11) is 0. The van der Waals surface area contributed by atoms with Crippen molar-refractivity contribution < 1.29 is 22.7 Å². The van der Waals surface area contributed by atoms with Gasteiger partial charge in [-0.25, -0.2) is 18.2 Å². The van der Waals surface area contributed by atoms with E-state index in [1.54, 1.807) is 25.3 Å². The van der Waals surface area contributed by atoms with E-state index < -0.39 is 23.4 Å². The Labute approximate surface area is 181 Å². The molecule has 4 rings (SSSR count). The highest BCUT2D eigenvalue weighted by Crippen LogP contribution is 2.25. The maximum absolute atomic E-state index is 13.9. The molecule has 1 amide bonds. The highest BCUT2D eigenvalue weighted by molar-refractivity contribution is 6.05.